The van der Waals surface area contributed by atoms with Gasteiger partial charge >= 0.3 is 11.9 Å². The van der Waals surface area contributed by atoms with Gasteiger partial charge in [-0.2, -0.15) is 0 Å². The molecule has 0 bridgehead atoms. The molecule has 0 rings (SSSR count). The Hall–Kier alpha value is -1.10. The van der Waals surface area contributed by atoms with E-state index >= 15 is 0 Å². The molecule has 0 amide bonds. The average molecular weight is 653 g/mol. The second-order valence-corrected chi connectivity index (χ2v) is 14.1. The first kappa shape index (κ1) is 44.9. The molecule has 0 heterocycles. The van der Waals surface area contributed by atoms with Gasteiger partial charge in [-0.3, -0.25) is 9.59 Å². The van der Waals surface area contributed by atoms with Crippen LogP contribution < -0.4 is 0 Å². The van der Waals surface area contributed by atoms with Crippen LogP contribution in [0.2, 0.25) is 0 Å². The molecule has 0 fully saturated rings. The highest BCUT2D eigenvalue weighted by Gasteiger charge is 2.12. The van der Waals surface area contributed by atoms with Gasteiger partial charge in [0.1, 0.15) is 19.3 Å². The van der Waals surface area contributed by atoms with Crippen molar-refractivity contribution in [3.05, 3.63) is 0 Å². The van der Waals surface area contributed by atoms with E-state index < -0.39 is 6.10 Å². The molecule has 0 aliphatic rings. The molecule has 0 saturated heterocycles. The molecule has 0 spiro atoms. The van der Waals surface area contributed by atoms with Crippen molar-refractivity contribution >= 4 is 11.9 Å². The highest BCUT2D eigenvalue weighted by atomic mass is 16.6. The molecule has 1 atom stereocenters. The molecule has 0 aliphatic heterocycles. The van der Waals surface area contributed by atoms with Crippen molar-refractivity contribution < 1.29 is 24.2 Å². The van der Waals surface area contributed by atoms with Crippen molar-refractivity contribution in [3.8, 4) is 0 Å². The summed E-state index contributed by atoms with van der Waals surface area (Å²) >= 11 is 0. The normalized spacial score (nSPS) is 12.0. The second kappa shape index (κ2) is 38.3. The first-order valence-electron chi connectivity index (χ1n) is 20.6. The van der Waals surface area contributed by atoms with Gasteiger partial charge in [0.2, 0.25) is 0 Å². The third-order valence-corrected chi connectivity index (χ3v) is 9.34. The summed E-state index contributed by atoms with van der Waals surface area (Å²) in [5.74, 6) is -0.549. The molecular formula is C41H80O5. The predicted molar refractivity (Wildman–Crippen MR) is 196 cm³/mol. The number of carbonyl (C=O) groups is 2. The molecule has 0 aliphatic carbocycles. The number of ether oxygens (including phenoxy) is 2. The first-order valence-corrected chi connectivity index (χ1v) is 20.6. The lowest BCUT2D eigenvalue weighted by molar-refractivity contribution is -0.152. The Balaban J connectivity index is 3.35. The van der Waals surface area contributed by atoms with Crippen LogP contribution >= 0.6 is 0 Å². The zero-order chi connectivity index (χ0) is 33.6. The number of aliphatic hydroxyl groups is 1. The zero-order valence-corrected chi connectivity index (χ0v) is 31.1. The van der Waals surface area contributed by atoms with E-state index in [1.165, 1.54) is 180 Å². The fourth-order valence-corrected chi connectivity index (χ4v) is 6.21. The van der Waals surface area contributed by atoms with Crippen molar-refractivity contribution in [3.63, 3.8) is 0 Å². The van der Waals surface area contributed by atoms with Crippen LogP contribution in [0.1, 0.15) is 232 Å². The van der Waals surface area contributed by atoms with Crippen molar-refractivity contribution in [2.75, 3.05) is 13.2 Å². The summed E-state index contributed by atoms with van der Waals surface area (Å²) in [4.78, 5) is 23.9. The summed E-state index contributed by atoms with van der Waals surface area (Å²) in [6.45, 7) is 4.33. The topological polar surface area (TPSA) is 72.8 Å². The Labute approximate surface area is 287 Å². The molecule has 1 N–H and O–H groups in total. The largest absolute Gasteiger partial charge is 0.463 e. The molecule has 0 aromatic heterocycles. The minimum Gasteiger partial charge on any atom is -0.463 e. The average Bonchev–Trinajstić information content (AvgIpc) is 3.06. The second-order valence-electron chi connectivity index (χ2n) is 14.1. The maximum Gasteiger partial charge on any atom is 0.305 e. The number of hydrogen-bond donors (Lipinski definition) is 1. The maximum absolute atomic E-state index is 12.0. The van der Waals surface area contributed by atoms with Gasteiger partial charge in [-0.25, -0.2) is 0 Å². The Bertz CT molecular complexity index is 622. The van der Waals surface area contributed by atoms with E-state index in [2.05, 4.69) is 13.8 Å². The lowest BCUT2D eigenvalue weighted by atomic mass is 10.0. The summed E-state index contributed by atoms with van der Waals surface area (Å²) in [7, 11) is 0. The van der Waals surface area contributed by atoms with Crippen LogP contribution in [0, 0.1) is 0 Å². The van der Waals surface area contributed by atoms with E-state index in [-0.39, 0.29) is 25.2 Å². The number of esters is 2. The number of unbranched alkanes of at least 4 members (excludes halogenated alkanes) is 30. The van der Waals surface area contributed by atoms with Gasteiger partial charge in [0.15, 0.2) is 0 Å². The van der Waals surface area contributed by atoms with E-state index in [1.807, 2.05) is 0 Å². The molecule has 0 saturated carbocycles. The molecule has 0 radical (unpaired) electrons. The summed E-state index contributed by atoms with van der Waals surface area (Å²) in [5.41, 5.74) is 0. The fourth-order valence-electron chi connectivity index (χ4n) is 6.21. The third-order valence-electron chi connectivity index (χ3n) is 9.34. The van der Waals surface area contributed by atoms with Gasteiger partial charge in [-0.15, -0.1) is 0 Å². The number of hydrogen-bond acceptors (Lipinski definition) is 5. The van der Waals surface area contributed by atoms with Crippen LogP contribution in [0.4, 0.5) is 0 Å². The summed E-state index contributed by atoms with van der Waals surface area (Å²) < 4.78 is 10.3. The van der Waals surface area contributed by atoms with Crippen molar-refractivity contribution in [1.29, 1.82) is 0 Å². The van der Waals surface area contributed by atoms with Gasteiger partial charge in [-0.1, -0.05) is 206 Å². The Morgan fingerprint density at radius 2 is 0.565 bits per heavy atom. The quantitative estimate of drug-likeness (QED) is 0.0531. The van der Waals surface area contributed by atoms with Gasteiger partial charge in [0, 0.05) is 12.8 Å². The Kier molecular flexibility index (Phi) is 37.4. The number of carbonyl (C=O) groups excluding carboxylic acids is 2. The SMILES string of the molecule is CCCCCCCCCCCCCCCCCCCCCC(=O)OC[C@H](O)COC(=O)CCCCCCCCCCCCCCC. The van der Waals surface area contributed by atoms with E-state index in [0.29, 0.717) is 12.8 Å². The minimum atomic E-state index is -0.954. The van der Waals surface area contributed by atoms with Crippen LogP contribution in [0.15, 0.2) is 0 Å². The van der Waals surface area contributed by atoms with Crippen molar-refractivity contribution in [1.82, 2.24) is 0 Å². The van der Waals surface area contributed by atoms with Crippen LogP contribution in [0.5, 0.6) is 0 Å². The molecule has 0 aromatic carbocycles. The summed E-state index contributed by atoms with van der Waals surface area (Å²) in [5, 5.41) is 10.0. The van der Waals surface area contributed by atoms with Gasteiger partial charge in [0.05, 0.1) is 0 Å². The van der Waals surface area contributed by atoms with Gasteiger partial charge in [0.25, 0.3) is 0 Å². The van der Waals surface area contributed by atoms with E-state index in [1.54, 1.807) is 0 Å². The molecule has 5 heteroatoms. The van der Waals surface area contributed by atoms with Crippen molar-refractivity contribution in [2.24, 2.45) is 0 Å². The highest BCUT2D eigenvalue weighted by molar-refractivity contribution is 5.69. The molecule has 5 nitrogen and oxygen atoms in total. The molecule has 0 unspecified atom stereocenters. The number of rotatable bonds is 38. The van der Waals surface area contributed by atoms with E-state index in [0.717, 1.165) is 25.7 Å². The lowest BCUT2D eigenvalue weighted by Crippen LogP contribution is -2.25. The van der Waals surface area contributed by atoms with Gasteiger partial charge < -0.3 is 14.6 Å². The predicted octanol–water partition coefficient (Wildman–Crippen LogP) is 12.7. The first-order chi connectivity index (χ1) is 22.6. The summed E-state index contributed by atoms with van der Waals surface area (Å²) in [6.07, 6.45) is 41.6. The minimum absolute atomic E-state index is 0.107. The van der Waals surface area contributed by atoms with Crippen LogP contribution in [0.25, 0.3) is 0 Å². The fraction of sp³-hybridized carbons (Fsp3) is 0.951. The monoisotopic (exact) mass is 653 g/mol. The Morgan fingerprint density at radius 1 is 0.370 bits per heavy atom. The number of aliphatic hydroxyl groups excluding tert-OH is 1. The molecule has 274 valence electrons. The van der Waals surface area contributed by atoms with Crippen LogP contribution in [-0.2, 0) is 19.1 Å². The highest BCUT2D eigenvalue weighted by Crippen LogP contribution is 2.16. The van der Waals surface area contributed by atoms with Gasteiger partial charge in [-0.05, 0) is 12.8 Å². The maximum atomic E-state index is 12.0. The molecule has 46 heavy (non-hydrogen) atoms. The lowest BCUT2D eigenvalue weighted by Gasteiger charge is -2.12. The standard InChI is InChI=1S/C41H80O5/c1-3-5-7-9-11-13-15-17-18-19-20-21-22-24-26-28-30-32-34-36-41(44)46-38-39(42)37-45-40(43)35-33-31-29-27-25-23-16-14-12-10-8-6-4-2/h39,42H,3-38H2,1-2H3/t39-/m1/s1. The molecule has 0 aromatic rings. The smallest absolute Gasteiger partial charge is 0.305 e. The van der Waals surface area contributed by atoms with Crippen LogP contribution in [0.3, 0.4) is 0 Å². The van der Waals surface area contributed by atoms with E-state index in [9.17, 15) is 14.7 Å². The van der Waals surface area contributed by atoms with Crippen LogP contribution in [-0.4, -0.2) is 36.4 Å². The Morgan fingerprint density at radius 3 is 0.783 bits per heavy atom. The zero-order valence-electron chi connectivity index (χ0n) is 31.1. The van der Waals surface area contributed by atoms with Crippen molar-refractivity contribution in [2.45, 2.75) is 238 Å². The summed E-state index contributed by atoms with van der Waals surface area (Å²) in [6, 6.07) is 0. The third kappa shape index (κ3) is 37.4. The molecular weight excluding hydrogens is 572 g/mol. The van der Waals surface area contributed by atoms with E-state index in [4.69, 9.17) is 9.47 Å².